The second kappa shape index (κ2) is 11.2. The first kappa shape index (κ1) is 24.1. The molecule has 0 saturated carbocycles. The highest BCUT2D eigenvalue weighted by Gasteiger charge is 2.31. The van der Waals surface area contributed by atoms with Crippen LogP contribution in [0.1, 0.15) is 43.5 Å². The molecule has 2 aromatic carbocycles. The van der Waals surface area contributed by atoms with Gasteiger partial charge < -0.3 is 25.6 Å². The largest absolute Gasteiger partial charge is 0.506 e. The first-order valence-electron chi connectivity index (χ1n) is 10.2. The molecule has 0 bridgehead atoms. The summed E-state index contributed by atoms with van der Waals surface area (Å²) >= 11 is 1.30. The number of phenols is 1. The number of para-hydroxylation sites is 1. The topological polar surface area (TPSA) is 98.8 Å². The van der Waals surface area contributed by atoms with Crippen molar-refractivity contribution >= 4 is 29.6 Å². The Morgan fingerprint density at radius 3 is 2.40 bits per heavy atom. The SMILES string of the molecule is CC(C)CC1(O)CCN(C)CC1.Nc1c(O)cccc1SNc1ccc(C=O)cc1. The second-order valence-electron chi connectivity index (χ2n) is 8.26. The number of carbonyl (C=O) groups is 1. The molecule has 1 aliphatic rings. The van der Waals surface area contributed by atoms with Gasteiger partial charge in [0, 0.05) is 24.3 Å². The summed E-state index contributed by atoms with van der Waals surface area (Å²) in [6.07, 6.45) is 3.65. The maximum atomic E-state index is 10.5. The summed E-state index contributed by atoms with van der Waals surface area (Å²) in [5, 5.41) is 19.6. The van der Waals surface area contributed by atoms with Crippen molar-refractivity contribution in [3.05, 3.63) is 48.0 Å². The van der Waals surface area contributed by atoms with Crippen molar-refractivity contribution in [2.45, 2.75) is 43.6 Å². The van der Waals surface area contributed by atoms with E-state index in [4.69, 9.17) is 5.73 Å². The molecule has 1 saturated heterocycles. The summed E-state index contributed by atoms with van der Waals surface area (Å²) in [6, 6.07) is 12.1. The number of hydrogen-bond acceptors (Lipinski definition) is 7. The van der Waals surface area contributed by atoms with Crippen LogP contribution in [0.25, 0.3) is 0 Å². The third kappa shape index (κ3) is 7.55. The first-order chi connectivity index (χ1) is 14.2. The maximum Gasteiger partial charge on any atom is 0.150 e. The predicted octanol–water partition coefficient (Wildman–Crippen LogP) is 4.40. The second-order valence-corrected chi connectivity index (χ2v) is 9.11. The average Bonchev–Trinajstić information content (AvgIpc) is 2.72. The van der Waals surface area contributed by atoms with Crippen molar-refractivity contribution in [3.63, 3.8) is 0 Å². The monoisotopic (exact) mass is 431 g/mol. The van der Waals surface area contributed by atoms with E-state index in [9.17, 15) is 15.0 Å². The van der Waals surface area contributed by atoms with Crippen molar-refractivity contribution in [3.8, 4) is 5.75 Å². The zero-order valence-electron chi connectivity index (χ0n) is 18.0. The van der Waals surface area contributed by atoms with Crippen LogP contribution in [0, 0.1) is 5.92 Å². The molecule has 6 nitrogen and oxygen atoms in total. The number of piperidine rings is 1. The molecule has 0 aliphatic carbocycles. The Morgan fingerprint density at radius 1 is 1.20 bits per heavy atom. The molecule has 0 amide bonds. The highest BCUT2D eigenvalue weighted by Crippen LogP contribution is 2.32. The lowest BCUT2D eigenvalue weighted by molar-refractivity contribution is -0.0311. The minimum atomic E-state index is -0.360. The molecule has 0 radical (unpaired) electrons. The fourth-order valence-electron chi connectivity index (χ4n) is 3.36. The van der Waals surface area contributed by atoms with Gasteiger partial charge in [0.1, 0.15) is 12.0 Å². The van der Waals surface area contributed by atoms with E-state index in [-0.39, 0.29) is 11.4 Å². The van der Waals surface area contributed by atoms with E-state index in [1.165, 1.54) is 18.0 Å². The van der Waals surface area contributed by atoms with Crippen LogP contribution in [-0.2, 0) is 0 Å². The minimum absolute atomic E-state index is 0.0677. The number of aliphatic hydroxyl groups is 1. The number of hydrogen-bond donors (Lipinski definition) is 4. The molecule has 3 rings (SSSR count). The lowest BCUT2D eigenvalue weighted by Crippen LogP contribution is -2.43. The molecule has 1 aliphatic heterocycles. The summed E-state index contributed by atoms with van der Waals surface area (Å²) in [5.74, 6) is 0.677. The van der Waals surface area contributed by atoms with Crippen LogP contribution in [0.5, 0.6) is 5.75 Å². The van der Waals surface area contributed by atoms with E-state index in [0.29, 0.717) is 17.2 Å². The predicted molar refractivity (Wildman–Crippen MR) is 125 cm³/mol. The number of aldehydes is 1. The van der Waals surface area contributed by atoms with Crippen molar-refractivity contribution in [1.29, 1.82) is 0 Å². The van der Waals surface area contributed by atoms with Gasteiger partial charge in [-0.25, -0.2) is 0 Å². The minimum Gasteiger partial charge on any atom is -0.506 e. The van der Waals surface area contributed by atoms with Gasteiger partial charge in [0.2, 0.25) is 0 Å². The first-order valence-corrected chi connectivity index (χ1v) is 11.0. The molecule has 30 heavy (non-hydrogen) atoms. The molecule has 0 aromatic heterocycles. The van der Waals surface area contributed by atoms with Crippen LogP contribution in [0.2, 0.25) is 0 Å². The van der Waals surface area contributed by atoms with E-state index < -0.39 is 0 Å². The van der Waals surface area contributed by atoms with E-state index in [1.807, 2.05) is 6.07 Å². The van der Waals surface area contributed by atoms with Gasteiger partial charge in [-0.3, -0.25) is 4.79 Å². The molecular weight excluding hydrogens is 398 g/mol. The number of carbonyl (C=O) groups excluding carboxylic acids is 1. The Hall–Kier alpha value is -2.22. The summed E-state index contributed by atoms with van der Waals surface area (Å²) in [5.41, 5.74) is 7.20. The lowest BCUT2D eigenvalue weighted by atomic mass is 9.84. The summed E-state index contributed by atoms with van der Waals surface area (Å²) in [4.78, 5) is 13.5. The quantitative estimate of drug-likeness (QED) is 0.233. The summed E-state index contributed by atoms with van der Waals surface area (Å²) in [6.45, 7) is 6.44. The van der Waals surface area contributed by atoms with Gasteiger partial charge in [0.05, 0.1) is 16.2 Å². The third-order valence-corrected chi connectivity index (χ3v) is 5.99. The number of phenolic OH excluding ortho intramolecular Hbond substituents is 1. The van der Waals surface area contributed by atoms with E-state index in [1.54, 1.807) is 30.3 Å². The number of nitrogens with two attached hydrogens (primary N) is 1. The molecule has 7 heteroatoms. The van der Waals surface area contributed by atoms with Crippen molar-refractivity contribution < 1.29 is 15.0 Å². The number of rotatable bonds is 6. The highest BCUT2D eigenvalue weighted by atomic mass is 32.2. The maximum absolute atomic E-state index is 10.5. The number of anilines is 2. The lowest BCUT2D eigenvalue weighted by Gasteiger charge is -2.37. The van der Waals surface area contributed by atoms with Gasteiger partial charge in [0.15, 0.2) is 0 Å². The summed E-state index contributed by atoms with van der Waals surface area (Å²) < 4.78 is 3.09. The fraction of sp³-hybridized carbons (Fsp3) is 0.435. The van der Waals surface area contributed by atoms with Crippen molar-refractivity contribution in [1.82, 2.24) is 4.90 Å². The number of likely N-dealkylation sites (tertiary alicyclic amines) is 1. The Bertz CT molecular complexity index is 804. The molecule has 0 spiro atoms. The molecule has 0 unspecified atom stereocenters. The van der Waals surface area contributed by atoms with Crippen LogP contribution in [0.15, 0.2) is 47.4 Å². The van der Waals surface area contributed by atoms with E-state index >= 15 is 0 Å². The zero-order valence-corrected chi connectivity index (χ0v) is 18.8. The Morgan fingerprint density at radius 2 is 1.83 bits per heavy atom. The van der Waals surface area contributed by atoms with Crippen LogP contribution >= 0.6 is 11.9 Å². The number of aromatic hydroxyl groups is 1. The molecule has 1 heterocycles. The van der Waals surface area contributed by atoms with Gasteiger partial charge in [-0.2, -0.15) is 0 Å². The summed E-state index contributed by atoms with van der Waals surface area (Å²) in [7, 11) is 2.12. The number of nitrogen functional groups attached to an aromatic ring is 1. The Balaban J connectivity index is 0.000000232. The molecule has 164 valence electrons. The molecule has 0 atom stereocenters. The Labute approximate surface area is 183 Å². The normalized spacial score (nSPS) is 15.9. The number of nitrogens with one attached hydrogen (secondary N) is 1. The Kier molecular flexibility index (Phi) is 9.02. The molecule has 1 fully saturated rings. The van der Waals surface area contributed by atoms with Crippen molar-refractivity contribution in [2.24, 2.45) is 5.92 Å². The standard InChI is InChI=1S/C13H12N2O2S.C10H21NO/c14-13-11(17)2-1-3-12(13)18-15-10-6-4-9(8-16)5-7-10;1-9(2)8-10(12)4-6-11(3)7-5-10/h1-8,15,17H,14H2;9,12H,4-8H2,1-3H3. The van der Waals surface area contributed by atoms with Crippen LogP contribution in [0.4, 0.5) is 11.4 Å². The average molecular weight is 432 g/mol. The van der Waals surface area contributed by atoms with Gasteiger partial charge in [0.25, 0.3) is 0 Å². The van der Waals surface area contributed by atoms with Crippen LogP contribution in [-0.4, -0.2) is 47.1 Å². The number of benzene rings is 2. The molecular formula is C23H33N3O3S. The third-order valence-electron chi connectivity index (χ3n) is 5.07. The highest BCUT2D eigenvalue weighted by molar-refractivity contribution is 8.00. The van der Waals surface area contributed by atoms with E-state index in [2.05, 4.69) is 30.5 Å². The number of nitrogens with zero attached hydrogens (tertiary/aromatic N) is 1. The van der Waals surface area contributed by atoms with Crippen LogP contribution in [0.3, 0.4) is 0 Å². The van der Waals surface area contributed by atoms with Gasteiger partial charge >= 0.3 is 0 Å². The van der Waals surface area contributed by atoms with Gasteiger partial charge in [-0.15, -0.1) is 0 Å². The molecule has 2 aromatic rings. The van der Waals surface area contributed by atoms with Gasteiger partial charge in [-0.05, 0) is 80.6 Å². The van der Waals surface area contributed by atoms with Crippen LogP contribution < -0.4 is 10.5 Å². The van der Waals surface area contributed by atoms with E-state index in [0.717, 1.165) is 49.2 Å². The van der Waals surface area contributed by atoms with Crippen molar-refractivity contribution in [2.75, 3.05) is 30.6 Å². The zero-order chi connectivity index (χ0) is 22.1. The smallest absolute Gasteiger partial charge is 0.150 e. The molecule has 5 N–H and O–H groups in total. The fourth-order valence-corrected chi connectivity index (χ4v) is 4.09. The van der Waals surface area contributed by atoms with Gasteiger partial charge in [-0.1, -0.05) is 19.9 Å².